The van der Waals surface area contributed by atoms with Crippen LogP contribution in [0, 0.1) is 5.92 Å². The van der Waals surface area contributed by atoms with E-state index in [1.165, 1.54) is 63.7 Å². The predicted molar refractivity (Wildman–Crippen MR) is 113 cm³/mol. The number of hydrogen-bond acceptors (Lipinski definition) is 3. The van der Waals surface area contributed by atoms with Gasteiger partial charge in [0, 0.05) is 6.54 Å². The Morgan fingerprint density at radius 1 is 0.885 bits per heavy atom. The van der Waals surface area contributed by atoms with Crippen molar-refractivity contribution in [1.82, 2.24) is 4.90 Å². The van der Waals surface area contributed by atoms with Gasteiger partial charge in [-0.05, 0) is 75.4 Å². The summed E-state index contributed by atoms with van der Waals surface area (Å²) in [4.78, 5) is 2.66. The molecule has 0 bridgehead atoms. The molecule has 3 nitrogen and oxygen atoms in total. The summed E-state index contributed by atoms with van der Waals surface area (Å²) in [7, 11) is 0. The number of piperidine rings is 1. The zero-order valence-corrected chi connectivity index (χ0v) is 15.9. The van der Waals surface area contributed by atoms with Gasteiger partial charge >= 0.3 is 0 Å². The van der Waals surface area contributed by atoms with Crippen molar-refractivity contribution in [2.45, 2.75) is 38.5 Å². The van der Waals surface area contributed by atoms with Gasteiger partial charge < -0.3 is 16.0 Å². The second-order valence-corrected chi connectivity index (χ2v) is 7.55. The lowest BCUT2D eigenvalue weighted by Gasteiger charge is -2.32. The Morgan fingerprint density at radius 2 is 1.62 bits per heavy atom. The molecule has 26 heavy (non-hydrogen) atoms. The lowest BCUT2D eigenvalue weighted by molar-refractivity contribution is 0.181. The minimum Gasteiger partial charge on any atom is -0.397 e. The summed E-state index contributed by atoms with van der Waals surface area (Å²) >= 11 is 0. The Bertz CT molecular complexity index is 633. The van der Waals surface area contributed by atoms with Gasteiger partial charge in [-0.3, -0.25) is 0 Å². The van der Waals surface area contributed by atoms with Gasteiger partial charge in [0.25, 0.3) is 0 Å². The molecule has 2 aromatic carbocycles. The molecular weight excluding hydrogens is 318 g/mol. The second kappa shape index (κ2) is 10.2. The zero-order valence-electron chi connectivity index (χ0n) is 15.9. The number of para-hydroxylation sites is 2. The maximum atomic E-state index is 5.95. The van der Waals surface area contributed by atoms with E-state index in [0.717, 1.165) is 23.8 Å². The number of rotatable bonds is 9. The van der Waals surface area contributed by atoms with E-state index in [9.17, 15) is 0 Å². The number of unbranched alkanes of at least 4 members (excludes halogenated alkanes) is 2. The standard InChI is InChI=1S/C23H33N3/c24-22-11-5-6-12-23(22)25-15-7-2-8-16-26-17-13-21(14-18-26)19-20-9-3-1-4-10-20/h1,3-6,9-12,21,25H,2,7-8,13-19,24H2. The van der Waals surface area contributed by atoms with Gasteiger partial charge in [0.2, 0.25) is 0 Å². The fourth-order valence-corrected chi connectivity index (χ4v) is 3.88. The highest BCUT2D eigenvalue weighted by atomic mass is 15.1. The molecule has 3 heteroatoms. The lowest BCUT2D eigenvalue weighted by atomic mass is 9.90. The molecule has 1 fully saturated rings. The van der Waals surface area contributed by atoms with Gasteiger partial charge in [0.1, 0.15) is 0 Å². The molecule has 0 aromatic heterocycles. The van der Waals surface area contributed by atoms with Gasteiger partial charge in [-0.25, -0.2) is 0 Å². The van der Waals surface area contributed by atoms with E-state index in [1.54, 1.807) is 0 Å². The van der Waals surface area contributed by atoms with Crippen LogP contribution in [0.5, 0.6) is 0 Å². The molecular formula is C23H33N3. The summed E-state index contributed by atoms with van der Waals surface area (Å²) in [6.07, 6.45) is 7.74. The van der Waals surface area contributed by atoms with E-state index in [1.807, 2.05) is 18.2 Å². The maximum absolute atomic E-state index is 5.95. The Kier molecular flexibility index (Phi) is 7.38. The van der Waals surface area contributed by atoms with Crippen LogP contribution in [0.25, 0.3) is 0 Å². The normalized spacial score (nSPS) is 15.8. The van der Waals surface area contributed by atoms with Crippen LogP contribution >= 0.6 is 0 Å². The summed E-state index contributed by atoms with van der Waals surface area (Å²) in [6, 6.07) is 19.0. The van der Waals surface area contributed by atoms with Crippen LogP contribution < -0.4 is 11.1 Å². The Hall–Kier alpha value is -2.00. The summed E-state index contributed by atoms with van der Waals surface area (Å²) < 4.78 is 0. The maximum Gasteiger partial charge on any atom is 0.0573 e. The summed E-state index contributed by atoms with van der Waals surface area (Å²) in [5, 5.41) is 3.44. The molecule has 3 rings (SSSR count). The quantitative estimate of drug-likeness (QED) is 0.503. The minimum absolute atomic E-state index is 0.839. The van der Waals surface area contributed by atoms with Crippen LogP contribution in [0.1, 0.15) is 37.7 Å². The Labute approximate surface area is 158 Å². The molecule has 0 atom stereocenters. The summed E-state index contributed by atoms with van der Waals surface area (Å²) in [6.45, 7) is 4.81. The van der Waals surface area contributed by atoms with E-state index in [-0.39, 0.29) is 0 Å². The van der Waals surface area contributed by atoms with Crippen LogP contribution in [0.4, 0.5) is 11.4 Å². The highest BCUT2D eigenvalue weighted by Gasteiger charge is 2.18. The number of nitrogens with zero attached hydrogens (tertiary/aromatic N) is 1. The second-order valence-electron chi connectivity index (χ2n) is 7.55. The lowest BCUT2D eigenvalue weighted by Crippen LogP contribution is -2.35. The van der Waals surface area contributed by atoms with Crippen LogP contribution in [0.3, 0.4) is 0 Å². The molecule has 0 unspecified atom stereocenters. The first-order valence-corrected chi connectivity index (χ1v) is 10.2. The molecule has 0 amide bonds. The Balaban J connectivity index is 1.23. The molecule has 0 spiro atoms. The molecule has 1 aliphatic heterocycles. The van der Waals surface area contributed by atoms with Gasteiger partial charge in [0.15, 0.2) is 0 Å². The SMILES string of the molecule is Nc1ccccc1NCCCCCN1CCC(Cc2ccccc2)CC1. The number of nitrogen functional groups attached to an aromatic ring is 1. The highest BCUT2D eigenvalue weighted by Crippen LogP contribution is 2.22. The smallest absolute Gasteiger partial charge is 0.0573 e. The largest absolute Gasteiger partial charge is 0.397 e. The van der Waals surface area contributed by atoms with Crippen molar-refractivity contribution < 1.29 is 0 Å². The van der Waals surface area contributed by atoms with E-state index in [4.69, 9.17) is 5.73 Å². The minimum atomic E-state index is 0.839. The number of benzene rings is 2. The van der Waals surface area contributed by atoms with E-state index >= 15 is 0 Å². The van der Waals surface area contributed by atoms with Crippen LogP contribution in [0.2, 0.25) is 0 Å². The fourth-order valence-electron chi connectivity index (χ4n) is 3.88. The summed E-state index contributed by atoms with van der Waals surface area (Å²) in [5.41, 5.74) is 9.35. The van der Waals surface area contributed by atoms with Crippen molar-refractivity contribution in [3.05, 3.63) is 60.2 Å². The van der Waals surface area contributed by atoms with Crippen molar-refractivity contribution >= 4 is 11.4 Å². The molecule has 1 heterocycles. The number of nitrogens with two attached hydrogens (primary N) is 1. The third kappa shape index (κ3) is 6.06. The number of nitrogens with one attached hydrogen (secondary N) is 1. The Morgan fingerprint density at radius 3 is 2.38 bits per heavy atom. The first-order valence-electron chi connectivity index (χ1n) is 10.2. The average molecular weight is 352 g/mol. The third-order valence-electron chi connectivity index (χ3n) is 5.50. The van der Waals surface area contributed by atoms with Crippen molar-refractivity contribution in [2.75, 3.05) is 37.2 Å². The number of anilines is 2. The van der Waals surface area contributed by atoms with Crippen molar-refractivity contribution in [1.29, 1.82) is 0 Å². The van der Waals surface area contributed by atoms with Crippen molar-refractivity contribution in [2.24, 2.45) is 5.92 Å². The van der Waals surface area contributed by atoms with E-state index in [0.29, 0.717) is 0 Å². The monoisotopic (exact) mass is 351 g/mol. The van der Waals surface area contributed by atoms with Crippen molar-refractivity contribution in [3.8, 4) is 0 Å². The first-order chi connectivity index (χ1) is 12.8. The molecule has 140 valence electrons. The van der Waals surface area contributed by atoms with Crippen LogP contribution in [-0.2, 0) is 6.42 Å². The molecule has 0 radical (unpaired) electrons. The fraction of sp³-hybridized carbons (Fsp3) is 0.478. The van der Waals surface area contributed by atoms with Crippen LogP contribution in [-0.4, -0.2) is 31.1 Å². The van der Waals surface area contributed by atoms with E-state index < -0.39 is 0 Å². The predicted octanol–water partition coefficient (Wildman–Crippen LogP) is 4.81. The molecule has 0 aliphatic carbocycles. The third-order valence-corrected chi connectivity index (χ3v) is 5.50. The molecule has 0 saturated carbocycles. The number of likely N-dealkylation sites (tertiary alicyclic amines) is 1. The average Bonchev–Trinajstić information content (AvgIpc) is 2.68. The zero-order chi connectivity index (χ0) is 18.0. The summed E-state index contributed by atoms with van der Waals surface area (Å²) in [5.74, 6) is 0.870. The topological polar surface area (TPSA) is 41.3 Å². The molecule has 1 aliphatic rings. The van der Waals surface area contributed by atoms with Gasteiger partial charge in [-0.1, -0.05) is 48.9 Å². The molecule has 1 saturated heterocycles. The van der Waals surface area contributed by atoms with Gasteiger partial charge in [-0.2, -0.15) is 0 Å². The van der Waals surface area contributed by atoms with Crippen LogP contribution in [0.15, 0.2) is 54.6 Å². The van der Waals surface area contributed by atoms with Gasteiger partial charge in [0.05, 0.1) is 11.4 Å². The molecule has 2 aromatic rings. The first kappa shape index (κ1) is 18.8. The molecule has 3 N–H and O–H groups in total. The number of hydrogen-bond donors (Lipinski definition) is 2. The highest BCUT2D eigenvalue weighted by molar-refractivity contribution is 5.65. The van der Waals surface area contributed by atoms with Crippen molar-refractivity contribution in [3.63, 3.8) is 0 Å². The van der Waals surface area contributed by atoms with E-state index in [2.05, 4.69) is 46.6 Å². The van der Waals surface area contributed by atoms with Gasteiger partial charge in [-0.15, -0.1) is 0 Å².